The minimum atomic E-state index is -1.69. The third kappa shape index (κ3) is 3.29. The molecule has 1 aromatic rings. The zero-order valence-electron chi connectivity index (χ0n) is 9.10. The van der Waals surface area contributed by atoms with Crippen LogP contribution in [0.1, 0.15) is 19.8 Å². The molecule has 0 aromatic carbocycles. The van der Waals surface area contributed by atoms with Gasteiger partial charge in [0, 0.05) is 12.6 Å². The van der Waals surface area contributed by atoms with Gasteiger partial charge in [0.05, 0.1) is 0 Å². The van der Waals surface area contributed by atoms with Crippen molar-refractivity contribution < 1.29 is 22.7 Å². The van der Waals surface area contributed by atoms with Crippen molar-refractivity contribution >= 4 is 5.69 Å². The van der Waals surface area contributed by atoms with E-state index in [0.29, 0.717) is 12.8 Å². The lowest BCUT2D eigenvalue weighted by molar-refractivity contribution is 0.282. The van der Waals surface area contributed by atoms with Crippen LogP contribution in [0.4, 0.5) is 23.2 Å². The van der Waals surface area contributed by atoms with Crippen LogP contribution in [0.15, 0.2) is 0 Å². The molecule has 1 rings (SSSR count). The molecule has 1 heterocycles. The van der Waals surface area contributed by atoms with Crippen molar-refractivity contribution in [1.29, 1.82) is 0 Å². The highest BCUT2D eigenvalue weighted by atomic mass is 19.2. The van der Waals surface area contributed by atoms with Crippen molar-refractivity contribution in [2.75, 3.05) is 11.9 Å². The van der Waals surface area contributed by atoms with Crippen LogP contribution in [0, 0.1) is 23.5 Å². The molecule has 7 heteroatoms. The number of nitrogens with one attached hydrogen (secondary N) is 1. The minimum absolute atomic E-state index is 0.0734. The Morgan fingerprint density at radius 1 is 1.18 bits per heavy atom. The number of anilines is 1. The Bertz CT molecular complexity index is 374. The molecule has 17 heavy (non-hydrogen) atoms. The van der Waals surface area contributed by atoms with Gasteiger partial charge in [0.15, 0.2) is 0 Å². The van der Waals surface area contributed by atoms with Crippen LogP contribution in [0.3, 0.4) is 0 Å². The van der Waals surface area contributed by atoms with Gasteiger partial charge in [-0.05, 0) is 19.8 Å². The first-order chi connectivity index (χ1) is 7.97. The molecule has 0 saturated heterocycles. The standard InChI is InChI=1S/C10H12F4N2O/c1-5(3-2-4-17)15-8-6(11)9(13)16-10(14)7(8)12/h5,17H,2-4H2,1H3,(H,15,16). The van der Waals surface area contributed by atoms with Crippen LogP contribution in [-0.4, -0.2) is 22.7 Å². The monoisotopic (exact) mass is 252 g/mol. The zero-order chi connectivity index (χ0) is 13.0. The van der Waals surface area contributed by atoms with Crippen molar-refractivity contribution in [3.8, 4) is 0 Å². The third-order valence-corrected chi connectivity index (χ3v) is 2.18. The van der Waals surface area contributed by atoms with Crippen LogP contribution >= 0.6 is 0 Å². The van der Waals surface area contributed by atoms with Crippen molar-refractivity contribution in [2.24, 2.45) is 0 Å². The van der Waals surface area contributed by atoms with Gasteiger partial charge in [-0.3, -0.25) is 0 Å². The van der Waals surface area contributed by atoms with Gasteiger partial charge in [0.25, 0.3) is 11.9 Å². The molecule has 3 nitrogen and oxygen atoms in total. The summed E-state index contributed by atoms with van der Waals surface area (Å²) < 4.78 is 51.8. The van der Waals surface area contributed by atoms with Crippen LogP contribution < -0.4 is 5.32 Å². The minimum Gasteiger partial charge on any atom is -0.396 e. The number of hydrogen-bond donors (Lipinski definition) is 2. The van der Waals surface area contributed by atoms with E-state index in [1.807, 2.05) is 0 Å². The molecule has 0 saturated carbocycles. The highest BCUT2D eigenvalue weighted by molar-refractivity contribution is 5.46. The second kappa shape index (κ2) is 5.81. The van der Waals surface area contributed by atoms with Gasteiger partial charge in [-0.15, -0.1) is 0 Å². The van der Waals surface area contributed by atoms with Gasteiger partial charge in [-0.25, -0.2) is 0 Å². The van der Waals surface area contributed by atoms with Crippen LogP contribution in [0.5, 0.6) is 0 Å². The van der Waals surface area contributed by atoms with Gasteiger partial charge in [-0.1, -0.05) is 0 Å². The van der Waals surface area contributed by atoms with E-state index in [9.17, 15) is 17.6 Å². The number of rotatable bonds is 5. The lowest BCUT2D eigenvalue weighted by Crippen LogP contribution is -2.19. The average molecular weight is 252 g/mol. The van der Waals surface area contributed by atoms with Crippen LogP contribution in [0.2, 0.25) is 0 Å². The van der Waals surface area contributed by atoms with E-state index in [4.69, 9.17) is 5.11 Å². The molecular weight excluding hydrogens is 240 g/mol. The Labute approximate surface area is 95.5 Å². The lowest BCUT2D eigenvalue weighted by Gasteiger charge is -2.15. The normalized spacial score (nSPS) is 12.6. The molecule has 0 bridgehead atoms. The average Bonchev–Trinajstić information content (AvgIpc) is 2.29. The fourth-order valence-corrected chi connectivity index (χ4v) is 1.33. The molecule has 0 radical (unpaired) electrons. The lowest BCUT2D eigenvalue weighted by atomic mass is 10.2. The summed E-state index contributed by atoms with van der Waals surface area (Å²) in [6.45, 7) is 1.50. The summed E-state index contributed by atoms with van der Waals surface area (Å²) in [5, 5.41) is 10.9. The Morgan fingerprint density at radius 2 is 1.71 bits per heavy atom. The smallest absolute Gasteiger partial charge is 0.253 e. The van der Waals surface area contributed by atoms with E-state index >= 15 is 0 Å². The molecule has 1 aromatic heterocycles. The predicted octanol–water partition coefficient (Wildman–Crippen LogP) is 2.21. The van der Waals surface area contributed by atoms with Crippen molar-refractivity contribution in [3.63, 3.8) is 0 Å². The summed E-state index contributed by atoms with van der Waals surface area (Å²) in [4.78, 5) is 2.44. The quantitative estimate of drug-likeness (QED) is 0.623. The molecule has 0 aliphatic carbocycles. The van der Waals surface area contributed by atoms with E-state index in [0.717, 1.165) is 0 Å². The topological polar surface area (TPSA) is 45.1 Å². The first kappa shape index (κ1) is 13.7. The number of nitrogens with zero attached hydrogens (tertiary/aromatic N) is 1. The summed E-state index contributed by atoms with van der Waals surface area (Å²) in [7, 11) is 0. The number of hydrogen-bond acceptors (Lipinski definition) is 3. The molecule has 96 valence electrons. The van der Waals surface area contributed by atoms with E-state index in [2.05, 4.69) is 10.3 Å². The zero-order valence-corrected chi connectivity index (χ0v) is 9.10. The molecule has 0 spiro atoms. The maximum absolute atomic E-state index is 13.2. The van der Waals surface area contributed by atoms with Crippen molar-refractivity contribution in [3.05, 3.63) is 23.5 Å². The number of halogens is 4. The van der Waals surface area contributed by atoms with E-state index < -0.39 is 35.3 Å². The van der Waals surface area contributed by atoms with Crippen LogP contribution in [-0.2, 0) is 0 Å². The number of aliphatic hydroxyl groups is 1. The molecular formula is C10H12F4N2O. The van der Waals surface area contributed by atoms with Gasteiger partial charge >= 0.3 is 0 Å². The number of aromatic nitrogens is 1. The molecule has 0 aliphatic heterocycles. The second-order valence-electron chi connectivity index (χ2n) is 3.61. The molecule has 1 unspecified atom stereocenters. The Balaban J connectivity index is 2.90. The largest absolute Gasteiger partial charge is 0.396 e. The SMILES string of the molecule is CC(CCCO)Nc1c(F)c(F)nc(F)c1F. The van der Waals surface area contributed by atoms with Crippen LogP contribution in [0.25, 0.3) is 0 Å². The van der Waals surface area contributed by atoms with Crippen molar-refractivity contribution in [1.82, 2.24) is 4.98 Å². The van der Waals surface area contributed by atoms with Gasteiger partial charge in [0.2, 0.25) is 11.6 Å². The van der Waals surface area contributed by atoms with Crippen molar-refractivity contribution in [2.45, 2.75) is 25.8 Å². The predicted molar refractivity (Wildman–Crippen MR) is 53.5 cm³/mol. The van der Waals surface area contributed by atoms with E-state index in [1.165, 1.54) is 0 Å². The fourth-order valence-electron chi connectivity index (χ4n) is 1.33. The summed E-state index contributed by atoms with van der Waals surface area (Å²) in [5.74, 6) is -6.50. The maximum atomic E-state index is 13.2. The molecule has 2 N–H and O–H groups in total. The summed E-state index contributed by atoms with van der Waals surface area (Å²) in [5.41, 5.74) is -0.875. The van der Waals surface area contributed by atoms with E-state index in [1.54, 1.807) is 6.92 Å². The van der Waals surface area contributed by atoms with E-state index in [-0.39, 0.29) is 6.61 Å². The Morgan fingerprint density at radius 3 is 2.18 bits per heavy atom. The van der Waals surface area contributed by atoms with Gasteiger partial charge in [-0.2, -0.15) is 22.5 Å². The Kier molecular flexibility index (Phi) is 4.68. The summed E-state index contributed by atoms with van der Waals surface area (Å²) in [6.07, 6.45) is 0.814. The molecule has 0 aliphatic rings. The van der Waals surface area contributed by atoms with Gasteiger partial charge < -0.3 is 10.4 Å². The maximum Gasteiger partial charge on any atom is 0.253 e. The first-order valence-corrected chi connectivity index (χ1v) is 5.04. The molecule has 0 fully saturated rings. The molecule has 0 amide bonds. The number of pyridine rings is 1. The second-order valence-corrected chi connectivity index (χ2v) is 3.61. The Hall–Kier alpha value is -1.37. The summed E-state index contributed by atoms with van der Waals surface area (Å²) >= 11 is 0. The summed E-state index contributed by atoms with van der Waals surface area (Å²) in [6, 6.07) is -0.438. The molecule has 1 atom stereocenters. The van der Waals surface area contributed by atoms with Gasteiger partial charge in [0.1, 0.15) is 5.69 Å². The highest BCUT2D eigenvalue weighted by Gasteiger charge is 2.21. The number of aliphatic hydroxyl groups excluding tert-OH is 1. The third-order valence-electron chi connectivity index (χ3n) is 2.18. The highest BCUT2D eigenvalue weighted by Crippen LogP contribution is 2.23. The first-order valence-electron chi connectivity index (χ1n) is 5.04. The fraction of sp³-hybridized carbons (Fsp3) is 0.500.